The highest BCUT2D eigenvalue weighted by molar-refractivity contribution is 8.00. The Balaban J connectivity index is 1.49. The normalized spacial score (nSPS) is 15.4. The molecule has 0 spiro atoms. The van der Waals surface area contributed by atoms with Gasteiger partial charge < -0.3 is 10.1 Å². The summed E-state index contributed by atoms with van der Waals surface area (Å²) >= 11 is 3.22. The van der Waals surface area contributed by atoms with Gasteiger partial charge in [-0.15, -0.1) is 21.5 Å². The molecule has 1 amide bonds. The van der Waals surface area contributed by atoms with E-state index in [0.29, 0.717) is 12.6 Å². The van der Waals surface area contributed by atoms with Crippen LogP contribution in [0.15, 0.2) is 46.9 Å². The van der Waals surface area contributed by atoms with E-state index in [2.05, 4.69) is 31.5 Å². The van der Waals surface area contributed by atoms with Gasteiger partial charge in [-0.05, 0) is 61.9 Å². The first-order valence-electron chi connectivity index (χ1n) is 11.2. The Labute approximate surface area is 197 Å². The zero-order chi connectivity index (χ0) is 22.3. The number of amides is 1. The highest BCUT2D eigenvalue weighted by Gasteiger charge is 2.26. The second-order valence-corrected chi connectivity index (χ2v) is 10.4. The lowest BCUT2D eigenvalue weighted by Gasteiger charge is -2.26. The van der Waals surface area contributed by atoms with Crippen LogP contribution in [0.25, 0.3) is 11.4 Å². The number of carbonyl (C=O) groups excluding carboxylic acids is 1. The van der Waals surface area contributed by atoms with Gasteiger partial charge in [-0.1, -0.05) is 37.1 Å². The molecule has 3 aromatic rings. The van der Waals surface area contributed by atoms with Gasteiger partial charge in [-0.2, -0.15) is 0 Å². The molecule has 1 aliphatic carbocycles. The van der Waals surface area contributed by atoms with Crippen LogP contribution in [-0.4, -0.2) is 39.6 Å². The number of thioether (sulfide) groups is 1. The van der Waals surface area contributed by atoms with E-state index in [1.807, 2.05) is 37.3 Å². The van der Waals surface area contributed by atoms with Crippen LogP contribution in [0.4, 0.5) is 0 Å². The molecule has 6 nitrogen and oxygen atoms in total. The zero-order valence-electron chi connectivity index (χ0n) is 18.6. The number of aromatic nitrogens is 3. The van der Waals surface area contributed by atoms with Gasteiger partial charge in [0.2, 0.25) is 5.91 Å². The third-order valence-electron chi connectivity index (χ3n) is 5.85. The Morgan fingerprint density at radius 1 is 1.22 bits per heavy atom. The average molecular weight is 471 g/mol. The standard InChI is InChI=1S/C24H30N4O2S2/c1-17(23(29)25-15-14-21-9-6-16-31-21)32-24-27-26-22(18-10-12-20(30-2)13-11-18)28(24)19-7-4-3-5-8-19/h6,9-13,16-17,19H,3-5,7-8,14-15H2,1-2H3,(H,25,29)/t17-/m0/s1. The lowest BCUT2D eigenvalue weighted by Crippen LogP contribution is -2.32. The molecule has 0 aliphatic heterocycles. The second kappa shape index (κ2) is 11.0. The third kappa shape index (κ3) is 5.53. The van der Waals surface area contributed by atoms with E-state index in [-0.39, 0.29) is 11.2 Å². The fourth-order valence-electron chi connectivity index (χ4n) is 4.08. The van der Waals surface area contributed by atoms with Gasteiger partial charge in [0, 0.05) is 23.0 Å². The smallest absolute Gasteiger partial charge is 0.233 e. The summed E-state index contributed by atoms with van der Waals surface area (Å²) in [6, 6.07) is 12.5. The van der Waals surface area contributed by atoms with Gasteiger partial charge >= 0.3 is 0 Å². The molecule has 0 unspecified atom stereocenters. The highest BCUT2D eigenvalue weighted by atomic mass is 32.2. The average Bonchev–Trinajstić information content (AvgIpc) is 3.50. The zero-order valence-corrected chi connectivity index (χ0v) is 20.3. The molecule has 0 radical (unpaired) electrons. The molecule has 1 aromatic carbocycles. The van der Waals surface area contributed by atoms with Crippen molar-refractivity contribution in [3.63, 3.8) is 0 Å². The maximum Gasteiger partial charge on any atom is 0.233 e. The summed E-state index contributed by atoms with van der Waals surface area (Å²) in [7, 11) is 1.67. The number of nitrogens with zero attached hydrogens (tertiary/aromatic N) is 3. The minimum atomic E-state index is -0.242. The molecule has 1 N–H and O–H groups in total. The maximum absolute atomic E-state index is 12.7. The van der Waals surface area contributed by atoms with Crippen LogP contribution in [-0.2, 0) is 11.2 Å². The van der Waals surface area contributed by atoms with E-state index in [1.54, 1.807) is 18.4 Å². The van der Waals surface area contributed by atoms with Gasteiger partial charge in [0.15, 0.2) is 11.0 Å². The number of benzene rings is 1. The van der Waals surface area contributed by atoms with Crippen molar-refractivity contribution < 1.29 is 9.53 Å². The fourth-order valence-corrected chi connectivity index (χ4v) is 5.73. The first-order chi connectivity index (χ1) is 15.7. The lowest BCUT2D eigenvalue weighted by molar-refractivity contribution is -0.120. The molecule has 1 saturated carbocycles. The number of methoxy groups -OCH3 is 1. The molecule has 2 aromatic heterocycles. The van der Waals surface area contributed by atoms with E-state index in [0.717, 1.165) is 41.6 Å². The quantitative estimate of drug-likeness (QED) is 0.426. The van der Waals surface area contributed by atoms with Gasteiger partial charge in [0.05, 0.1) is 12.4 Å². The van der Waals surface area contributed by atoms with Crippen LogP contribution in [0.1, 0.15) is 49.9 Å². The first-order valence-corrected chi connectivity index (χ1v) is 13.0. The topological polar surface area (TPSA) is 69.0 Å². The lowest BCUT2D eigenvalue weighted by atomic mass is 9.95. The Kier molecular flexibility index (Phi) is 7.86. The number of hydrogen-bond acceptors (Lipinski definition) is 6. The summed E-state index contributed by atoms with van der Waals surface area (Å²) in [6.45, 7) is 2.59. The van der Waals surface area contributed by atoms with E-state index in [1.165, 1.54) is 35.9 Å². The molecule has 1 aliphatic rings. The van der Waals surface area contributed by atoms with Crippen LogP contribution in [0.2, 0.25) is 0 Å². The molecule has 8 heteroatoms. The van der Waals surface area contributed by atoms with Gasteiger partial charge in [0.25, 0.3) is 0 Å². The minimum Gasteiger partial charge on any atom is -0.497 e. The molecule has 2 heterocycles. The molecular formula is C24H30N4O2S2. The Hall–Kier alpha value is -2.32. The van der Waals surface area contributed by atoms with Gasteiger partial charge in [-0.25, -0.2) is 0 Å². The summed E-state index contributed by atoms with van der Waals surface area (Å²) < 4.78 is 7.57. The fraction of sp³-hybridized carbons (Fsp3) is 0.458. The summed E-state index contributed by atoms with van der Waals surface area (Å²) in [4.78, 5) is 14.0. The molecule has 1 atom stereocenters. The van der Waals surface area contributed by atoms with Gasteiger partial charge in [0.1, 0.15) is 5.75 Å². The molecule has 4 rings (SSSR count). The number of hydrogen-bond donors (Lipinski definition) is 1. The predicted octanol–water partition coefficient (Wildman–Crippen LogP) is 5.36. The van der Waals surface area contributed by atoms with Crippen molar-refractivity contribution in [2.75, 3.05) is 13.7 Å². The minimum absolute atomic E-state index is 0.0377. The molecule has 0 saturated heterocycles. The maximum atomic E-state index is 12.7. The summed E-state index contributed by atoms with van der Waals surface area (Å²) in [5.74, 6) is 1.73. The van der Waals surface area contributed by atoms with Crippen molar-refractivity contribution in [1.29, 1.82) is 0 Å². The predicted molar refractivity (Wildman–Crippen MR) is 130 cm³/mol. The van der Waals surface area contributed by atoms with Crippen molar-refractivity contribution in [3.05, 3.63) is 46.7 Å². The first kappa shape index (κ1) is 22.9. The highest BCUT2D eigenvalue weighted by Crippen LogP contribution is 2.36. The molecular weight excluding hydrogens is 440 g/mol. The number of carbonyl (C=O) groups is 1. The largest absolute Gasteiger partial charge is 0.497 e. The van der Waals surface area contributed by atoms with Crippen LogP contribution < -0.4 is 10.1 Å². The van der Waals surface area contributed by atoms with Crippen LogP contribution in [0.3, 0.4) is 0 Å². The number of rotatable bonds is 9. The Morgan fingerprint density at radius 3 is 2.69 bits per heavy atom. The van der Waals surface area contributed by atoms with Crippen molar-refractivity contribution in [3.8, 4) is 17.1 Å². The summed E-state index contributed by atoms with van der Waals surface area (Å²) in [5.41, 5.74) is 1.02. The molecule has 0 bridgehead atoms. The number of nitrogens with one attached hydrogen (secondary N) is 1. The van der Waals surface area contributed by atoms with Crippen LogP contribution in [0.5, 0.6) is 5.75 Å². The molecule has 32 heavy (non-hydrogen) atoms. The summed E-state index contributed by atoms with van der Waals surface area (Å²) in [6.07, 6.45) is 6.82. The Bertz CT molecular complexity index is 996. The van der Waals surface area contributed by atoms with E-state index >= 15 is 0 Å². The van der Waals surface area contributed by atoms with Crippen LogP contribution in [0, 0.1) is 0 Å². The third-order valence-corrected chi connectivity index (χ3v) is 7.85. The Morgan fingerprint density at radius 2 is 2.00 bits per heavy atom. The summed E-state index contributed by atoms with van der Waals surface area (Å²) in [5, 5.41) is 14.8. The van der Waals surface area contributed by atoms with Crippen molar-refractivity contribution >= 4 is 29.0 Å². The van der Waals surface area contributed by atoms with E-state index < -0.39 is 0 Å². The SMILES string of the molecule is COc1ccc(-c2nnc(S[C@@H](C)C(=O)NCCc3cccs3)n2C2CCCCC2)cc1. The monoisotopic (exact) mass is 470 g/mol. The van der Waals surface area contributed by atoms with Gasteiger partial charge in [-0.3, -0.25) is 9.36 Å². The van der Waals surface area contributed by atoms with E-state index in [4.69, 9.17) is 4.74 Å². The number of ether oxygens (including phenoxy) is 1. The number of thiophene rings is 1. The van der Waals surface area contributed by atoms with Crippen LogP contribution >= 0.6 is 23.1 Å². The van der Waals surface area contributed by atoms with Crippen molar-refractivity contribution in [1.82, 2.24) is 20.1 Å². The second-order valence-electron chi connectivity index (χ2n) is 8.08. The molecule has 170 valence electrons. The van der Waals surface area contributed by atoms with Crippen molar-refractivity contribution in [2.24, 2.45) is 0 Å². The van der Waals surface area contributed by atoms with Crippen molar-refractivity contribution in [2.45, 2.75) is 61.9 Å². The molecule has 1 fully saturated rings. The van der Waals surface area contributed by atoms with E-state index in [9.17, 15) is 4.79 Å².